The van der Waals surface area contributed by atoms with Crippen molar-refractivity contribution in [2.24, 2.45) is 0 Å². The van der Waals surface area contributed by atoms with Gasteiger partial charge in [0.1, 0.15) is 0 Å². The first-order valence-corrected chi connectivity index (χ1v) is 6.71. The summed E-state index contributed by atoms with van der Waals surface area (Å²) in [5, 5.41) is 19.9. The summed E-state index contributed by atoms with van der Waals surface area (Å²) in [6.45, 7) is 1.93. The number of hydrogen-bond acceptors (Lipinski definition) is 4. The van der Waals surface area contributed by atoms with Gasteiger partial charge < -0.3 is 10.0 Å². The molecule has 1 aliphatic carbocycles. The lowest BCUT2D eigenvalue weighted by atomic mass is 9.90. The zero-order valence-corrected chi connectivity index (χ0v) is 11.4. The average molecular weight is 278 g/mol. The summed E-state index contributed by atoms with van der Waals surface area (Å²) in [4.78, 5) is 24.5. The largest absolute Gasteiger partial charge is 0.395 e. The molecule has 1 saturated carbocycles. The molecule has 6 heteroatoms. The van der Waals surface area contributed by atoms with Gasteiger partial charge in [0.15, 0.2) is 0 Å². The maximum absolute atomic E-state index is 12.6. The molecule has 108 valence electrons. The summed E-state index contributed by atoms with van der Waals surface area (Å²) < 4.78 is 0. The third-order valence-electron chi connectivity index (χ3n) is 3.78. The van der Waals surface area contributed by atoms with E-state index in [4.69, 9.17) is 5.11 Å². The monoisotopic (exact) mass is 278 g/mol. The first kappa shape index (κ1) is 14.5. The number of non-ortho nitro benzene ring substituents is 1. The van der Waals surface area contributed by atoms with E-state index in [0.717, 1.165) is 19.3 Å². The van der Waals surface area contributed by atoms with Gasteiger partial charge in [0.25, 0.3) is 11.6 Å². The highest BCUT2D eigenvalue weighted by molar-refractivity contribution is 5.96. The summed E-state index contributed by atoms with van der Waals surface area (Å²) >= 11 is 0. The van der Waals surface area contributed by atoms with Gasteiger partial charge in [-0.15, -0.1) is 0 Å². The highest BCUT2D eigenvalue weighted by atomic mass is 16.6. The third kappa shape index (κ3) is 2.80. The van der Waals surface area contributed by atoms with Crippen LogP contribution < -0.4 is 0 Å². The second-order valence-electron chi connectivity index (χ2n) is 5.06. The number of aliphatic hydroxyl groups excluding tert-OH is 1. The van der Waals surface area contributed by atoms with Crippen LogP contribution in [0.1, 0.15) is 35.2 Å². The highest BCUT2D eigenvalue weighted by Crippen LogP contribution is 2.27. The highest BCUT2D eigenvalue weighted by Gasteiger charge is 2.30. The van der Waals surface area contributed by atoms with Crippen molar-refractivity contribution in [3.63, 3.8) is 0 Å². The van der Waals surface area contributed by atoms with Crippen LogP contribution in [-0.4, -0.2) is 40.0 Å². The summed E-state index contributed by atoms with van der Waals surface area (Å²) in [5.41, 5.74) is 0.971. The van der Waals surface area contributed by atoms with E-state index in [1.807, 2.05) is 0 Å². The minimum Gasteiger partial charge on any atom is -0.395 e. The molecule has 0 atom stereocenters. The lowest BCUT2D eigenvalue weighted by Gasteiger charge is -2.37. The number of benzene rings is 1. The molecule has 0 unspecified atom stereocenters. The molecule has 1 amide bonds. The number of rotatable bonds is 5. The van der Waals surface area contributed by atoms with Crippen LogP contribution in [0.4, 0.5) is 5.69 Å². The van der Waals surface area contributed by atoms with Crippen LogP contribution in [0.2, 0.25) is 0 Å². The molecule has 0 spiro atoms. The van der Waals surface area contributed by atoms with Gasteiger partial charge in [0.05, 0.1) is 11.5 Å². The molecule has 1 fully saturated rings. The quantitative estimate of drug-likeness (QED) is 0.658. The van der Waals surface area contributed by atoms with E-state index in [9.17, 15) is 14.9 Å². The molecule has 1 aliphatic rings. The number of carbonyl (C=O) groups excluding carboxylic acids is 1. The molecule has 0 radical (unpaired) electrons. The SMILES string of the molecule is Cc1ccc([N+](=O)[O-])cc1C(=O)N(CCO)C1CCC1. The van der Waals surface area contributed by atoms with E-state index in [1.165, 1.54) is 12.1 Å². The Morgan fingerprint density at radius 2 is 2.20 bits per heavy atom. The van der Waals surface area contributed by atoms with E-state index in [0.29, 0.717) is 11.1 Å². The van der Waals surface area contributed by atoms with Crippen LogP contribution in [0.5, 0.6) is 0 Å². The molecular formula is C14H18N2O4. The van der Waals surface area contributed by atoms with E-state index in [1.54, 1.807) is 17.9 Å². The fraction of sp³-hybridized carbons (Fsp3) is 0.500. The van der Waals surface area contributed by atoms with Crippen molar-refractivity contribution < 1.29 is 14.8 Å². The Morgan fingerprint density at radius 3 is 2.70 bits per heavy atom. The van der Waals surface area contributed by atoms with Crippen molar-refractivity contribution in [3.8, 4) is 0 Å². The molecule has 2 rings (SSSR count). The molecule has 1 aromatic rings. The first-order valence-electron chi connectivity index (χ1n) is 6.71. The molecule has 0 bridgehead atoms. The molecule has 1 aromatic carbocycles. The number of nitrogens with zero attached hydrogens (tertiary/aromatic N) is 2. The number of nitro benzene ring substituents is 1. The topological polar surface area (TPSA) is 83.7 Å². The number of aryl methyl sites for hydroxylation is 1. The summed E-state index contributed by atoms with van der Waals surface area (Å²) in [7, 11) is 0. The molecule has 0 aliphatic heterocycles. The van der Waals surface area contributed by atoms with Crippen molar-refractivity contribution in [2.75, 3.05) is 13.2 Å². The first-order chi connectivity index (χ1) is 9.54. The van der Waals surface area contributed by atoms with Crippen molar-refractivity contribution in [1.82, 2.24) is 4.90 Å². The summed E-state index contributed by atoms with van der Waals surface area (Å²) in [6, 6.07) is 4.45. The number of hydrogen-bond donors (Lipinski definition) is 1. The standard InChI is InChI=1S/C14H18N2O4/c1-10-5-6-12(16(19)20)9-13(10)14(18)15(7-8-17)11-3-2-4-11/h5-6,9,11,17H,2-4,7-8H2,1H3. The molecule has 0 aromatic heterocycles. The predicted molar refractivity (Wildman–Crippen MR) is 73.6 cm³/mol. The van der Waals surface area contributed by atoms with Gasteiger partial charge in [-0.1, -0.05) is 6.07 Å². The van der Waals surface area contributed by atoms with Crippen LogP contribution in [0.25, 0.3) is 0 Å². The Bertz CT molecular complexity index is 526. The van der Waals surface area contributed by atoms with Crippen molar-refractivity contribution >= 4 is 11.6 Å². The smallest absolute Gasteiger partial charge is 0.270 e. The molecule has 0 saturated heterocycles. The Balaban J connectivity index is 2.30. The number of aliphatic hydroxyl groups is 1. The van der Waals surface area contributed by atoms with Crippen molar-refractivity contribution in [1.29, 1.82) is 0 Å². The fourth-order valence-electron chi connectivity index (χ4n) is 2.36. The molecule has 6 nitrogen and oxygen atoms in total. The zero-order chi connectivity index (χ0) is 14.7. The minimum absolute atomic E-state index is 0.0866. The molecular weight excluding hydrogens is 260 g/mol. The predicted octanol–water partition coefficient (Wildman–Crippen LogP) is 1.89. The van der Waals surface area contributed by atoms with Crippen molar-refractivity contribution in [2.45, 2.75) is 32.2 Å². The van der Waals surface area contributed by atoms with Crippen LogP contribution in [-0.2, 0) is 0 Å². The van der Waals surface area contributed by atoms with E-state index >= 15 is 0 Å². The maximum Gasteiger partial charge on any atom is 0.270 e. The summed E-state index contributed by atoms with van der Waals surface area (Å²) in [6.07, 6.45) is 2.94. The third-order valence-corrected chi connectivity index (χ3v) is 3.78. The van der Waals surface area contributed by atoms with E-state index in [2.05, 4.69) is 0 Å². The second-order valence-corrected chi connectivity index (χ2v) is 5.06. The van der Waals surface area contributed by atoms with Crippen LogP contribution in [0, 0.1) is 17.0 Å². The Morgan fingerprint density at radius 1 is 1.50 bits per heavy atom. The molecule has 20 heavy (non-hydrogen) atoms. The minimum atomic E-state index is -0.504. The normalized spacial score (nSPS) is 14.7. The van der Waals surface area contributed by atoms with E-state index in [-0.39, 0.29) is 30.8 Å². The second kappa shape index (κ2) is 6.00. The van der Waals surface area contributed by atoms with Gasteiger partial charge in [-0.3, -0.25) is 14.9 Å². The Kier molecular flexibility index (Phi) is 4.34. The fourth-order valence-corrected chi connectivity index (χ4v) is 2.36. The van der Waals surface area contributed by atoms with Crippen LogP contribution in [0.3, 0.4) is 0 Å². The summed E-state index contributed by atoms with van der Waals surface area (Å²) in [5.74, 6) is -0.232. The average Bonchev–Trinajstić information content (AvgIpc) is 2.35. The number of carbonyl (C=O) groups is 1. The zero-order valence-electron chi connectivity index (χ0n) is 11.4. The molecule has 0 heterocycles. The van der Waals surface area contributed by atoms with Gasteiger partial charge in [0.2, 0.25) is 0 Å². The Labute approximate surface area is 117 Å². The van der Waals surface area contributed by atoms with Gasteiger partial charge >= 0.3 is 0 Å². The number of amides is 1. The van der Waals surface area contributed by atoms with Crippen LogP contribution >= 0.6 is 0 Å². The van der Waals surface area contributed by atoms with Gasteiger partial charge in [-0.05, 0) is 31.7 Å². The lowest BCUT2D eigenvalue weighted by molar-refractivity contribution is -0.384. The van der Waals surface area contributed by atoms with Gasteiger partial charge in [-0.25, -0.2) is 0 Å². The van der Waals surface area contributed by atoms with E-state index < -0.39 is 4.92 Å². The maximum atomic E-state index is 12.6. The van der Waals surface area contributed by atoms with Crippen LogP contribution in [0.15, 0.2) is 18.2 Å². The Hall–Kier alpha value is -1.95. The van der Waals surface area contributed by atoms with Crippen molar-refractivity contribution in [3.05, 3.63) is 39.4 Å². The van der Waals surface area contributed by atoms with Gasteiger partial charge in [-0.2, -0.15) is 0 Å². The molecule has 1 N–H and O–H groups in total. The van der Waals surface area contributed by atoms with Gasteiger partial charge in [0, 0.05) is 30.3 Å². The number of nitro groups is 1. The lowest BCUT2D eigenvalue weighted by Crippen LogP contribution is -2.45.